The van der Waals surface area contributed by atoms with E-state index in [0.29, 0.717) is 6.42 Å². The number of hydrogen-bond acceptors (Lipinski definition) is 9. The largest absolute Gasteiger partial charge is 0.341 e. The molecule has 10 nitrogen and oxygen atoms in total. The fraction of sp³-hybridized carbons (Fsp3) is 0.200. The lowest BCUT2D eigenvalue weighted by atomic mass is 9.83. The summed E-state index contributed by atoms with van der Waals surface area (Å²) in [5.41, 5.74) is 3.68. The summed E-state index contributed by atoms with van der Waals surface area (Å²) in [5, 5.41) is 29.0. The molecule has 0 unspecified atom stereocenters. The van der Waals surface area contributed by atoms with Crippen LogP contribution in [0.3, 0.4) is 0 Å². The molecule has 140 valence electrons. The third kappa shape index (κ3) is 4.10. The number of fused-ring (bicyclic) bond motifs is 1. The Morgan fingerprint density at radius 3 is 3.11 bits per heavy atom. The van der Waals surface area contributed by atoms with Crippen LogP contribution in [-0.4, -0.2) is 31.8 Å². The SMILES string of the molecule is C[S@](=O)(/C=C/Nc1nonc1C(=N[C@H]1Cc2ccc(F)cc21)NO)=NC#N. The van der Waals surface area contributed by atoms with Crippen LogP contribution in [0.15, 0.2) is 43.8 Å². The standard InChI is InChI=1S/C15H14FN7O3S/c1-27(25,19-8-17)5-4-18-14-13(22-26-23-14)15(21-24)20-12-6-9-2-3-10(16)7-11(9)12/h2-5,7,12,24H,6H2,1H3,(H,18,23)(H,20,21)/b5-4+/t12-,27-/m0/s1. The molecule has 3 N–H and O–H groups in total. The first-order chi connectivity index (χ1) is 12.9. The minimum absolute atomic E-state index is 0.0361. The summed E-state index contributed by atoms with van der Waals surface area (Å²) in [6.07, 6.45) is 4.60. The third-order valence-electron chi connectivity index (χ3n) is 3.75. The Balaban J connectivity index is 1.81. The van der Waals surface area contributed by atoms with Crippen molar-refractivity contribution < 1.29 is 18.4 Å². The first-order valence-electron chi connectivity index (χ1n) is 7.56. The molecule has 0 saturated carbocycles. The van der Waals surface area contributed by atoms with Crippen LogP contribution >= 0.6 is 0 Å². The second kappa shape index (κ2) is 7.52. The summed E-state index contributed by atoms with van der Waals surface area (Å²) in [6.45, 7) is 0. The molecule has 0 saturated heterocycles. The maximum Gasteiger partial charge on any atom is 0.214 e. The van der Waals surface area contributed by atoms with Crippen molar-refractivity contribution in [3.8, 4) is 6.19 Å². The van der Waals surface area contributed by atoms with E-state index >= 15 is 0 Å². The number of hydrogen-bond donors (Lipinski definition) is 3. The van der Waals surface area contributed by atoms with E-state index in [1.54, 1.807) is 6.07 Å². The fourth-order valence-corrected chi connectivity index (χ4v) is 3.00. The Hall–Kier alpha value is -3.30. The number of amidine groups is 1. The summed E-state index contributed by atoms with van der Waals surface area (Å²) in [4.78, 5) is 4.32. The van der Waals surface area contributed by atoms with Crippen molar-refractivity contribution in [1.29, 1.82) is 5.26 Å². The van der Waals surface area contributed by atoms with Crippen molar-refractivity contribution in [3.63, 3.8) is 0 Å². The number of nitriles is 1. The number of aromatic nitrogens is 2. The molecule has 0 radical (unpaired) electrons. The van der Waals surface area contributed by atoms with Gasteiger partial charge >= 0.3 is 0 Å². The van der Waals surface area contributed by atoms with Crippen LogP contribution in [0.4, 0.5) is 10.2 Å². The monoisotopic (exact) mass is 391 g/mol. The molecule has 1 heterocycles. The number of hydroxylamine groups is 1. The van der Waals surface area contributed by atoms with E-state index < -0.39 is 9.73 Å². The Morgan fingerprint density at radius 2 is 2.37 bits per heavy atom. The molecule has 1 aliphatic carbocycles. The number of nitrogens with one attached hydrogen (secondary N) is 2. The Morgan fingerprint density at radius 1 is 1.56 bits per heavy atom. The highest BCUT2D eigenvalue weighted by atomic mass is 32.2. The van der Waals surface area contributed by atoms with Gasteiger partial charge in [0.15, 0.2) is 11.5 Å². The smallest absolute Gasteiger partial charge is 0.214 e. The molecular weight excluding hydrogens is 377 g/mol. The van der Waals surface area contributed by atoms with E-state index in [0.717, 1.165) is 11.1 Å². The summed E-state index contributed by atoms with van der Waals surface area (Å²) in [5.74, 6) is -0.322. The van der Waals surface area contributed by atoms with E-state index in [2.05, 4.69) is 29.6 Å². The van der Waals surface area contributed by atoms with Gasteiger partial charge in [0.2, 0.25) is 12.0 Å². The lowest BCUT2D eigenvalue weighted by molar-refractivity contribution is 0.232. The number of anilines is 1. The van der Waals surface area contributed by atoms with Gasteiger partial charge in [-0.2, -0.15) is 5.26 Å². The zero-order valence-corrected chi connectivity index (χ0v) is 14.8. The maximum atomic E-state index is 13.4. The van der Waals surface area contributed by atoms with Gasteiger partial charge in [0, 0.05) is 17.9 Å². The number of benzene rings is 1. The average molecular weight is 391 g/mol. The highest BCUT2D eigenvalue weighted by molar-refractivity contribution is 7.95. The van der Waals surface area contributed by atoms with Crippen molar-refractivity contribution in [2.75, 3.05) is 11.6 Å². The second-order valence-electron chi connectivity index (χ2n) is 5.61. The normalized spacial score (nSPS) is 18.1. The number of rotatable bonds is 5. The molecule has 1 aliphatic rings. The Bertz CT molecular complexity index is 1080. The second-order valence-corrected chi connectivity index (χ2v) is 7.79. The van der Waals surface area contributed by atoms with Gasteiger partial charge in [-0.25, -0.2) is 13.2 Å². The molecule has 12 heteroatoms. The lowest BCUT2D eigenvalue weighted by Crippen LogP contribution is -2.26. The van der Waals surface area contributed by atoms with Gasteiger partial charge < -0.3 is 5.32 Å². The average Bonchev–Trinajstić information content (AvgIpc) is 3.06. The first-order valence-corrected chi connectivity index (χ1v) is 9.54. The summed E-state index contributed by atoms with van der Waals surface area (Å²) >= 11 is 0. The predicted molar refractivity (Wildman–Crippen MR) is 93.5 cm³/mol. The molecule has 1 aromatic heterocycles. The summed E-state index contributed by atoms with van der Waals surface area (Å²) < 4.78 is 33.1. The van der Waals surface area contributed by atoms with Gasteiger partial charge in [-0.15, -0.1) is 4.36 Å². The molecule has 3 rings (SSSR count). The molecule has 2 aromatic rings. The molecule has 27 heavy (non-hydrogen) atoms. The van der Waals surface area contributed by atoms with E-state index in [4.69, 9.17) is 5.26 Å². The van der Waals surface area contributed by atoms with Gasteiger partial charge in [0.25, 0.3) is 0 Å². The minimum Gasteiger partial charge on any atom is -0.341 e. The quantitative estimate of drug-likeness (QED) is 0.302. The van der Waals surface area contributed by atoms with Crippen LogP contribution in [0.2, 0.25) is 0 Å². The van der Waals surface area contributed by atoms with Crippen molar-refractivity contribution in [1.82, 2.24) is 15.8 Å². The van der Waals surface area contributed by atoms with Crippen LogP contribution in [0.25, 0.3) is 0 Å². The molecular formula is C15H14FN7O3S. The summed E-state index contributed by atoms with van der Waals surface area (Å²) in [7, 11) is -2.81. The third-order valence-corrected chi connectivity index (χ3v) is 4.83. The maximum absolute atomic E-state index is 13.4. The molecule has 0 amide bonds. The van der Waals surface area contributed by atoms with Crippen molar-refractivity contribution in [3.05, 3.63) is 52.4 Å². The molecule has 0 spiro atoms. The first kappa shape index (κ1) is 18.5. The number of aliphatic imine (C=N–C) groups is 1. The van der Waals surface area contributed by atoms with Crippen molar-refractivity contribution in [2.45, 2.75) is 12.5 Å². The van der Waals surface area contributed by atoms with E-state index in [1.807, 2.05) is 5.48 Å². The van der Waals surface area contributed by atoms with Crippen LogP contribution in [0.1, 0.15) is 22.9 Å². The van der Waals surface area contributed by atoms with Gasteiger partial charge in [-0.05, 0) is 40.0 Å². The summed E-state index contributed by atoms with van der Waals surface area (Å²) in [6, 6.07) is 4.10. The highest BCUT2D eigenvalue weighted by Gasteiger charge is 2.28. The van der Waals surface area contributed by atoms with Gasteiger partial charge in [-0.3, -0.25) is 15.7 Å². The van der Waals surface area contributed by atoms with Crippen LogP contribution in [0.5, 0.6) is 0 Å². The molecule has 0 aliphatic heterocycles. The van der Waals surface area contributed by atoms with Crippen LogP contribution in [-0.2, 0) is 16.1 Å². The Labute approximate surface area is 153 Å². The lowest BCUT2D eigenvalue weighted by Gasteiger charge is -2.27. The number of halogens is 1. The van der Waals surface area contributed by atoms with Gasteiger partial charge in [-0.1, -0.05) is 6.07 Å². The molecule has 0 fully saturated rings. The molecule has 0 bridgehead atoms. The zero-order valence-electron chi connectivity index (χ0n) is 14.0. The number of nitrogens with zero attached hydrogens (tertiary/aromatic N) is 5. The fourth-order valence-electron chi connectivity index (χ4n) is 2.45. The zero-order chi connectivity index (χ0) is 19.4. The molecule has 2 atom stereocenters. The highest BCUT2D eigenvalue weighted by Crippen LogP contribution is 2.36. The molecule has 1 aromatic carbocycles. The topological polar surface area (TPSA) is 149 Å². The minimum atomic E-state index is -2.81. The van der Waals surface area contributed by atoms with Crippen LogP contribution < -0.4 is 10.8 Å². The van der Waals surface area contributed by atoms with E-state index in [1.165, 1.54) is 36.2 Å². The van der Waals surface area contributed by atoms with Gasteiger partial charge in [0.05, 0.1) is 15.8 Å². The van der Waals surface area contributed by atoms with Crippen molar-refractivity contribution >= 4 is 21.4 Å². The Kier molecular flexibility index (Phi) is 5.15. The van der Waals surface area contributed by atoms with E-state index in [-0.39, 0.29) is 29.2 Å². The van der Waals surface area contributed by atoms with Crippen LogP contribution in [0, 0.1) is 17.3 Å². The van der Waals surface area contributed by atoms with Crippen molar-refractivity contribution in [2.24, 2.45) is 9.36 Å². The van der Waals surface area contributed by atoms with Gasteiger partial charge in [0.1, 0.15) is 5.82 Å². The predicted octanol–water partition coefficient (Wildman–Crippen LogP) is 1.69. The van der Waals surface area contributed by atoms with E-state index in [9.17, 15) is 13.8 Å².